The Morgan fingerprint density at radius 1 is 1.10 bits per heavy atom. The number of non-ortho nitro benzene ring substituents is 1. The Labute approximate surface area is 169 Å². The summed E-state index contributed by atoms with van der Waals surface area (Å²) < 4.78 is 27.7. The third-order valence-electron chi connectivity index (χ3n) is 4.68. The molecule has 29 heavy (non-hydrogen) atoms. The molecule has 0 unspecified atom stereocenters. The van der Waals surface area contributed by atoms with E-state index in [4.69, 9.17) is 0 Å². The maximum atomic E-state index is 13.3. The van der Waals surface area contributed by atoms with Crippen molar-refractivity contribution in [2.24, 2.45) is 5.92 Å². The molecule has 0 bridgehead atoms. The molecule has 0 radical (unpaired) electrons. The summed E-state index contributed by atoms with van der Waals surface area (Å²) in [4.78, 5) is 23.1. The van der Waals surface area contributed by atoms with Crippen molar-refractivity contribution in [1.29, 1.82) is 0 Å². The van der Waals surface area contributed by atoms with Gasteiger partial charge < -0.3 is 5.32 Å². The van der Waals surface area contributed by atoms with Gasteiger partial charge >= 0.3 is 0 Å². The molecule has 0 saturated carbocycles. The zero-order chi connectivity index (χ0) is 21.2. The van der Waals surface area contributed by atoms with Crippen LogP contribution < -0.4 is 5.32 Å². The predicted molar refractivity (Wildman–Crippen MR) is 108 cm³/mol. The van der Waals surface area contributed by atoms with E-state index < -0.39 is 26.9 Å². The number of benzene rings is 2. The van der Waals surface area contributed by atoms with Gasteiger partial charge in [-0.3, -0.25) is 14.9 Å². The van der Waals surface area contributed by atoms with E-state index in [1.165, 1.54) is 12.1 Å². The summed E-state index contributed by atoms with van der Waals surface area (Å²) in [5.41, 5.74) is 1.12. The van der Waals surface area contributed by atoms with Gasteiger partial charge in [0.1, 0.15) is 6.04 Å². The molecule has 1 N–H and O–H groups in total. The normalized spacial score (nSPS) is 18.1. The summed E-state index contributed by atoms with van der Waals surface area (Å²) in [5, 5.41) is 13.7. The quantitative estimate of drug-likeness (QED) is 0.596. The molecule has 8 nitrogen and oxygen atoms in total. The van der Waals surface area contributed by atoms with E-state index in [0.717, 1.165) is 22.0 Å². The summed E-state index contributed by atoms with van der Waals surface area (Å²) in [7, 11) is -4.06. The van der Waals surface area contributed by atoms with Gasteiger partial charge in [-0.05, 0) is 29.7 Å². The number of rotatable bonds is 5. The van der Waals surface area contributed by atoms with E-state index in [9.17, 15) is 23.3 Å². The Morgan fingerprint density at radius 3 is 2.28 bits per heavy atom. The molecular weight excluding hydrogens is 394 g/mol. The lowest BCUT2D eigenvalue weighted by molar-refractivity contribution is -0.384. The topological polar surface area (TPSA) is 110 Å². The largest absolute Gasteiger partial charge is 0.324 e. The zero-order valence-electron chi connectivity index (χ0n) is 16.0. The van der Waals surface area contributed by atoms with E-state index in [-0.39, 0.29) is 23.0 Å². The molecule has 152 valence electrons. The molecule has 1 heterocycles. The fourth-order valence-electron chi connectivity index (χ4n) is 3.25. The van der Waals surface area contributed by atoms with Crippen LogP contribution in [0.2, 0.25) is 0 Å². The van der Waals surface area contributed by atoms with Gasteiger partial charge in [0.05, 0.1) is 9.82 Å². The van der Waals surface area contributed by atoms with Crippen molar-refractivity contribution < 1.29 is 18.1 Å². The highest BCUT2D eigenvalue weighted by Crippen LogP contribution is 2.27. The van der Waals surface area contributed by atoms with Gasteiger partial charge in [-0.1, -0.05) is 44.2 Å². The first-order valence-corrected chi connectivity index (χ1v) is 10.5. The number of nitrogens with zero attached hydrogens (tertiary/aromatic N) is 2. The molecule has 2 aromatic rings. The summed E-state index contributed by atoms with van der Waals surface area (Å²) in [6.07, 6.45) is 1.67. The van der Waals surface area contributed by atoms with Crippen molar-refractivity contribution in [1.82, 2.24) is 9.62 Å². The van der Waals surface area contributed by atoms with Crippen molar-refractivity contribution in [3.63, 3.8) is 0 Å². The highest BCUT2D eigenvalue weighted by atomic mass is 32.2. The third-order valence-corrected chi connectivity index (χ3v) is 6.54. The minimum absolute atomic E-state index is 0.00879. The smallest absolute Gasteiger partial charge is 0.269 e. The molecule has 0 aromatic heterocycles. The molecule has 1 amide bonds. The first-order chi connectivity index (χ1) is 13.7. The number of amides is 1. The first kappa shape index (κ1) is 20.7. The van der Waals surface area contributed by atoms with E-state index in [1.807, 2.05) is 30.3 Å². The van der Waals surface area contributed by atoms with E-state index in [0.29, 0.717) is 5.70 Å². The Bertz CT molecular complexity index is 1050. The van der Waals surface area contributed by atoms with Crippen molar-refractivity contribution in [2.75, 3.05) is 6.54 Å². The monoisotopic (exact) mass is 415 g/mol. The van der Waals surface area contributed by atoms with Gasteiger partial charge in [-0.15, -0.1) is 0 Å². The van der Waals surface area contributed by atoms with Gasteiger partial charge in [0.15, 0.2) is 0 Å². The van der Waals surface area contributed by atoms with Gasteiger partial charge in [0.2, 0.25) is 15.9 Å². The standard InChI is InChI=1S/C20H21N3O5S/c1-14(2)19-20(24)21-18(15-6-4-3-5-7-15)12-13-22(19)29(27,28)17-10-8-16(9-11-17)23(25)26/h3-12,14,19H,13H2,1-2H3,(H,21,24)/t19-/m0/s1. The molecule has 2 aromatic carbocycles. The minimum Gasteiger partial charge on any atom is -0.324 e. The van der Waals surface area contributed by atoms with Gasteiger partial charge in [0, 0.05) is 24.4 Å². The number of nitro benzene ring substituents is 1. The van der Waals surface area contributed by atoms with Gasteiger partial charge in [-0.25, -0.2) is 8.42 Å². The summed E-state index contributed by atoms with van der Waals surface area (Å²) in [5.74, 6) is -0.704. The fourth-order valence-corrected chi connectivity index (χ4v) is 4.91. The first-order valence-electron chi connectivity index (χ1n) is 9.04. The highest BCUT2D eigenvalue weighted by molar-refractivity contribution is 7.89. The second-order valence-electron chi connectivity index (χ2n) is 6.99. The van der Waals surface area contributed by atoms with Gasteiger partial charge in [-0.2, -0.15) is 4.31 Å². The molecule has 1 aliphatic rings. The predicted octanol–water partition coefficient (Wildman–Crippen LogP) is 2.78. The van der Waals surface area contributed by atoms with Crippen LogP contribution in [-0.2, 0) is 14.8 Å². The van der Waals surface area contributed by atoms with Crippen LogP contribution in [0.15, 0.2) is 65.6 Å². The van der Waals surface area contributed by atoms with Crippen molar-refractivity contribution in [2.45, 2.75) is 24.8 Å². The Morgan fingerprint density at radius 2 is 1.72 bits per heavy atom. The van der Waals surface area contributed by atoms with E-state index in [1.54, 1.807) is 19.9 Å². The average Bonchev–Trinajstić information content (AvgIpc) is 2.88. The van der Waals surface area contributed by atoms with Crippen LogP contribution in [0.4, 0.5) is 5.69 Å². The Balaban J connectivity index is 2.02. The second kappa shape index (κ2) is 8.14. The highest BCUT2D eigenvalue weighted by Gasteiger charge is 2.39. The third kappa shape index (κ3) is 4.20. The van der Waals surface area contributed by atoms with Crippen molar-refractivity contribution in [3.8, 4) is 0 Å². The van der Waals surface area contributed by atoms with E-state index >= 15 is 0 Å². The van der Waals surface area contributed by atoms with Crippen LogP contribution in [0.1, 0.15) is 19.4 Å². The van der Waals surface area contributed by atoms with Crippen LogP contribution >= 0.6 is 0 Å². The van der Waals surface area contributed by atoms with Crippen LogP contribution in [0.3, 0.4) is 0 Å². The van der Waals surface area contributed by atoms with Crippen molar-refractivity contribution in [3.05, 3.63) is 76.4 Å². The second-order valence-corrected chi connectivity index (χ2v) is 8.88. The van der Waals surface area contributed by atoms with Gasteiger partial charge in [0.25, 0.3) is 5.69 Å². The molecule has 9 heteroatoms. The summed E-state index contributed by atoms with van der Waals surface area (Å²) in [6.45, 7) is 3.54. The molecule has 0 aliphatic carbocycles. The number of nitrogens with one attached hydrogen (secondary N) is 1. The van der Waals surface area contributed by atoms with Crippen molar-refractivity contribution >= 4 is 27.3 Å². The van der Waals surface area contributed by atoms with Crippen LogP contribution in [0.5, 0.6) is 0 Å². The molecule has 0 saturated heterocycles. The lowest BCUT2D eigenvalue weighted by Gasteiger charge is -2.30. The SMILES string of the molecule is CC(C)[C@H]1C(=O)NC(c2ccccc2)=CCN1S(=O)(=O)c1ccc([N+](=O)[O-])cc1. The van der Waals surface area contributed by atoms with Crippen LogP contribution in [0, 0.1) is 16.0 Å². The summed E-state index contributed by atoms with van der Waals surface area (Å²) in [6, 6.07) is 12.9. The molecule has 3 rings (SSSR count). The Kier molecular flexibility index (Phi) is 5.81. The maximum absolute atomic E-state index is 13.3. The fraction of sp³-hybridized carbons (Fsp3) is 0.250. The maximum Gasteiger partial charge on any atom is 0.269 e. The Hall–Kier alpha value is -3.04. The molecule has 0 fully saturated rings. The lowest BCUT2D eigenvalue weighted by Crippen LogP contribution is -2.50. The van der Waals surface area contributed by atoms with E-state index in [2.05, 4.69) is 5.32 Å². The number of carbonyl (C=O) groups excluding carboxylic acids is 1. The molecule has 1 aliphatic heterocycles. The minimum atomic E-state index is -4.06. The average molecular weight is 415 g/mol. The number of hydrogen-bond donors (Lipinski definition) is 1. The summed E-state index contributed by atoms with van der Waals surface area (Å²) >= 11 is 0. The zero-order valence-corrected chi connectivity index (χ0v) is 16.8. The molecule has 0 spiro atoms. The van der Waals surface area contributed by atoms with Crippen LogP contribution in [0.25, 0.3) is 5.70 Å². The molecule has 1 atom stereocenters. The molecular formula is C20H21N3O5S. The van der Waals surface area contributed by atoms with Crippen LogP contribution in [-0.4, -0.2) is 36.1 Å². The number of nitro groups is 1. The number of hydrogen-bond acceptors (Lipinski definition) is 5. The number of carbonyl (C=O) groups is 1. The number of sulfonamides is 1. The lowest BCUT2D eigenvalue weighted by atomic mass is 10.0.